The molecule has 0 saturated heterocycles. The molecule has 3 heteroatoms. The predicted octanol–water partition coefficient (Wildman–Crippen LogP) is 4.23. The molecule has 0 unspecified atom stereocenters. The molecule has 1 N–H and O–H groups in total. The first-order valence-electron chi connectivity index (χ1n) is 6.73. The van der Waals surface area contributed by atoms with Crippen molar-refractivity contribution in [1.82, 2.24) is 5.32 Å². The smallest absolute Gasteiger partial charge is 0.123 e. The van der Waals surface area contributed by atoms with Crippen LogP contribution in [0.2, 0.25) is 0 Å². The first-order chi connectivity index (χ1) is 9.22. The topological polar surface area (TPSA) is 12.0 Å². The van der Waals surface area contributed by atoms with Crippen LogP contribution < -0.4 is 5.32 Å². The van der Waals surface area contributed by atoms with Gasteiger partial charge in [-0.25, -0.2) is 4.39 Å². The number of hydrogen-bond acceptors (Lipinski definition) is 2. The van der Waals surface area contributed by atoms with E-state index in [0.29, 0.717) is 12.0 Å². The van der Waals surface area contributed by atoms with Gasteiger partial charge in [0.25, 0.3) is 0 Å². The zero-order valence-electron chi connectivity index (χ0n) is 11.0. The summed E-state index contributed by atoms with van der Waals surface area (Å²) in [4.78, 5) is 0. The molecule has 1 aromatic heterocycles. The molecule has 0 radical (unpaired) electrons. The van der Waals surface area contributed by atoms with E-state index >= 15 is 0 Å². The zero-order chi connectivity index (χ0) is 13.2. The molecule has 1 heterocycles. The van der Waals surface area contributed by atoms with Crippen molar-refractivity contribution in [3.63, 3.8) is 0 Å². The standard InChI is InChI=1S/C16H18FNS/c1-11-9-19-10-14(11)8-18-16-6-13(7-16)12-2-4-15(17)5-3-12/h2-5,9-10,13,16,18H,6-8H2,1H3. The maximum absolute atomic E-state index is 12.9. The maximum atomic E-state index is 12.9. The summed E-state index contributed by atoms with van der Waals surface area (Å²) in [6.45, 7) is 3.13. The van der Waals surface area contributed by atoms with Crippen LogP contribution in [0.15, 0.2) is 35.0 Å². The van der Waals surface area contributed by atoms with Crippen molar-refractivity contribution in [3.8, 4) is 0 Å². The molecule has 2 aromatic rings. The highest BCUT2D eigenvalue weighted by Gasteiger charge is 2.29. The summed E-state index contributed by atoms with van der Waals surface area (Å²) in [6.07, 6.45) is 2.32. The van der Waals surface area contributed by atoms with E-state index in [9.17, 15) is 4.39 Å². The molecule has 0 atom stereocenters. The molecule has 1 saturated carbocycles. The van der Waals surface area contributed by atoms with Crippen LogP contribution >= 0.6 is 11.3 Å². The Morgan fingerprint density at radius 3 is 2.58 bits per heavy atom. The Balaban J connectivity index is 1.48. The van der Waals surface area contributed by atoms with E-state index in [4.69, 9.17) is 0 Å². The summed E-state index contributed by atoms with van der Waals surface area (Å²) in [5.41, 5.74) is 4.06. The van der Waals surface area contributed by atoms with Crippen LogP contribution in [-0.2, 0) is 6.54 Å². The third kappa shape index (κ3) is 2.88. The lowest BCUT2D eigenvalue weighted by molar-refractivity contribution is 0.289. The average Bonchev–Trinajstić information content (AvgIpc) is 2.75. The lowest BCUT2D eigenvalue weighted by atomic mass is 9.76. The van der Waals surface area contributed by atoms with Gasteiger partial charge in [0.05, 0.1) is 0 Å². The lowest BCUT2D eigenvalue weighted by Gasteiger charge is -2.36. The normalized spacial score (nSPS) is 22.2. The molecule has 1 aromatic carbocycles. The quantitative estimate of drug-likeness (QED) is 0.880. The summed E-state index contributed by atoms with van der Waals surface area (Å²) >= 11 is 1.77. The Kier molecular flexibility index (Phi) is 3.67. The summed E-state index contributed by atoms with van der Waals surface area (Å²) < 4.78 is 12.9. The molecular weight excluding hydrogens is 257 g/mol. The van der Waals surface area contributed by atoms with E-state index in [1.807, 2.05) is 12.1 Å². The van der Waals surface area contributed by atoms with Gasteiger partial charge in [0.15, 0.2) is 0 Å². The Morgan fingerprint density at radius 2 is 1.95 bits per heavy atom. The third-order valence-corrected chi connectivity index (χ3v) is 4.93. The minimum Gasteiger partial charge on any atom is -0.310 e. The van der Waals surface area contributed by atoms with Gasteiger partial charge in [-0.15, -0.1) is 0 Å². The zero-order valence-corrected chi connectivity index (χ0v) is 11.8. The monoisotopic (exact) mass is 275 g/mol. The molecule has 0 spiro atoms. The van der Waals surface area contributed by atoms with Crippen LogP contribution in [0.25, 0.3) is 0 Å². The molecule has 1 aliphatic carbocycles. The highest BCUT2D eigenvalue weighted by Crippen LogP contribution is 2.37. The second-order valence-electron chi connectivity index (χ2n) is 5.38. The third-order valence-electron chi connectivity index (χ3n) is 4.02. The molecule has 100 valence electrons. The van der Waals surface area contributed by atoms with Gasteiger partial charge in [0.1, 0.15) is 5.82 Å². The number of nitrogens with one attached hydrogen (secondary N) is 1. The van der Waals surface area contributed by atoms with Crippen molar-refractivity contribution in [2.75, 3.05) is 0 Å². The van der Waals surface area contributed by atoms with Crippen molar-refractivity contribution in [2.24, 2.45) is 0 Å². The van der Waals surface area contributed by atoms with E-state index in [1.165, 1.54) is 16.7 Å². The minimum absolute atomic E-state index is 0.148. The van der Waals surface area contributed by atoms with E-state index in [0.717, 1.165) is 19.4 Å². The van der Waals surface area contributed by atoms with Gasteiger partial charge in [0.2, 0.25) is 0 Å². The van der Waals surface area contributed by atoms with Crippen molar-refractivity contribution in [1.29, 1.82) is 0 Å². The molecule has 1 fully saturated rings. The van der Waals surface area contributed by atoms with Crippen molar-refractivity contribution in [3.05, 3.63) is 57.5 Å². The second kappa shape index (κ2) is 5.43. The molecule has 0 amide bonds. The first-order valence-corrected chi connectivity index (χ1v) is 7.67. The van der Waals surface area contributed by atoms with E-state index < -0.39 is 0 Å². The van der Waals surface area contributed by atoms with Crippen LogP contribution in [-0.4, -0.2) is 6.04 Å². The van der Waals surface area contributed by atoms with E-state index in [-0.39, 0.29) is 5.82 Å². The van der Waals surface area contributed by atoms with Crippen LogP contribution in [0.3, 0.4) is 0 Å². The second-order valence-corrected chi connectivity index (χ2v) is 6.12. The summed E-state index contributed by atoms with van der Waals surface area (Å²) in [5.74, 6) is 0.451. The molecule has 1 nitrogen and oxygen atoms in total. The van der Waals surface area contributed by atoms with Gasteiger partial charge in [-0.1, -0.05) is 12.1 Å². The fraction of sp³-hybridized carbons (Fsp3) is 0.375. The van der Waals surface area contributed by atoms with Crippen molar-refractivity contribution < 1.29 is 4.39 Å². The molecule has 0 bridgehead atoms. The maximum Gasteiger partial charge on any atom is 0.123 e. The Hall–Kier alpha value is -1.19. The van der Waals surface area contributed by atoms with Crippen LogP contribution in [0.1, 0.15) is 35.4 Å². The van der Waals surface area contributed by atoms with Crippen molar-refractivity contribution >= 4 is 11.3 Å². The average molecular weight is 275 g/mol. The van der Waals surface area contributed by atoms with Crippen LogP contribution in [0, 0.1) is 12.7 Å². The summed E-state index contributed by atoms with van der Waals surface area (Å²) in [6, 6.07) is 7.56. The largest absolute Gasteiger partial charge is 0.310 e. The van der Waals surface area contributed by atoms with Gasteiger partial charge < -0.3 is 5.32 Å². The van der Waals surface area contributed by atoms with Crippen LogP contribution in [0.4, 0.5) is 4.39 Å². The van der Waals surface area contributed by atoms with Crippen LogP contribution in [0.5, 0.6) is 0 Å². The fourth-order valence-corrected chi connectivity index (χ4v) is 3.47. The van der Waals surface area contributed by atoms with Gasteiger partial charge >= 0.3 is 0 Å². The number of halogens is 1. The van der Waals surface area contributed by atoms with Gasteiger partial charge in [-0.2, -0.15) is 11.3 Å². The number of benzene rings is 1. The SMILES string of the molecule is Cc1cscc1CNC1CC(c2ccc(F)cc2)C1. The number of aryl methyl sites for hydroxylation is 1. The highest BCUT2D eigenvalue weighted by molar-refractivity contribution is 7.08. The number of thiophene rings is 1. The van der Waals surface area contributed by atoms with E-state index in [1.54, 1.807) is 23.5 Å². The highest BCUT2D eigenvalue weighted by atomic mass is 32.1. The summed E-state index contributed by atoms with van der Waals surface area (Å²) in [5, 5.41) is 8.02. The van der Waals surface area contributed by atoms with Gasteiger partial charge in [-0.3, -0.25) is 0 Å². The number of hydrogen-bond donors (Lipinski definition) is 1. The van der Waals surface area contributed by atoms with Gasteiger partial charge in [-0.05, 0) is 65.3 Å². The Morgan fingerprint density at radius 1 is 1.21 bits per heavy atom. The summed E-state index contributed by atoms with van der Waals surface area (Å²) in [7, 11) is 0. The first kappa shape index (κ1) is 12.8. The Labute approximate surface area is 117 Å². The van der Waals surface area contributed by atoms with Crippen molar-refractivity contribution in [2.45, 2.75) is 38.3 Å². The molecule has 19 heavy (non-hydrogen) atoms. The fourth-order valence-electron chi connectivity index (χ4n) is 2.61. The van der Waals surface area contributed by atoms with Gasteiger partial charge in [0, 0.05) is 12.6 Å². The lowest BCUT2D eigenvalue weighted by Crippen LogP contribution is -2.39. The molecular formula is C16H18FNS. The minimum atomic E-state index is -0.148. The molecule has 1 aliphatic rings. The molecule has 3 rings (SSSR count). The molecule has 0 aliphatic heterocycles. The predicted molar refractivity (Wildman–Crippen MR) is 78.1 cm³/mol. The number of rotatable bonds is 4. The van der Waals surface area contributed by atoms with E-state index in [2.05, 4.69) is 23.0 Å². The Bertz CT molecular complexity index is 540.